The molecule has 2 heterocycles. The van der Waals surface area contributed by atoms with Crippen molar-refractivity contribution < 1.29 is 0 Å². The lowest BCUT2D eigenvalue weighted by atomic mass is 9.88. The van der Waals surface area contributed by atoms with E-state index in [9.17, 15) is 0 Å². The highest BCUT2D eigenvalue weighted by Crippen LogP contribution is 2.34. The second kappa shape index (κ2) is 6.10. The molecule has 1 unspecified atom stereocenters. The Kier molecular flexibility index (Phi) is 4.20. The van der Waals surface area contributed by atoms with Crippen molar-refractivity contribution >= 4 is 10.9 Å². The van der Waals surface area contributed by atoms with Crippen LogP contribution in [0, 0.1) is 0 Å². The van der Waals surface area contributed by atoms with Crippen molar-refractivity contribution in [3.63, 3.8) is 0 Å². The van der Waals surface area contributed by atoms with Gasteiger partial charge in [0.15, 0.2) is 0 Å². The first kappa shape index (κ1) is 14.5. The number of aromatic nitrogens is 1. The predicted octanol–water partition coefficient (Wildman–Crippen LogP) is 3.72. The number of benzene rings is 1. The molecular weight excluding hydrogens is 258 g/mol. The molecule has 2 N–H and O–H groups in total. The van der Waals surface area contributed by atoms with Gasteiger partial charge in [-0.15, -0.1) is 0 Å². The maximum Gasteiger partial charge on any atom is 0.0693 e. The molecule has 1 saturated heterocycles. The SMILES string of the molecule is CCCC(C)N1CCC(c2cn(N)c3ccccc23)CC1. The molecule has 2 aromatic rings. The largest absolute Gasteiger partial charge is 0.339 e. The fourth-order valence-electron chi connectivity index (χ4n) is 3.81. The van der Waals surface area contributed by atoms with Crippen LogP contribution in [-0.4, -0.2) is 28.7 Å². The molecule has 1 aromatic heterocycles. The normalized spacial score (nSPS) is 19.1. The van der Waals surface area contributed by atoms with E-state index in [2.05, 4.69) is 49.2 Å². The summed E-state index contributed by atoms with van der Waals surface area (Å²) in [4.78, 5) is 2.65. The molecule has 114 valence electrons. The minimum absolute atomic E-state index is 0.657. The molecule has 0 aliphatic carbocycles. The van der Waals surface area contributed by atoms with E-state index in [0.717, 1.165) is 11.6 Å². The molecule has 0 spiro atoms. The molecule has 3 heteroatoms. The summed E-state index contributed by atoms with van der Waals surface area (Å²) < 4.78 is 1.79. The van der Waals surface area contributed by atoms with Crippen LogP contribution in [0.4, 0.5) is 0 Å². The molecule has 0 bridgehead atoms. The van der Waals surface area contributed by atoms with Gasteiger partial charge in [-0.1, -0.05) is 31.5 Å². The molecule has 1 atom stereocenters. The van der Waals surface area contributed by atoms with E-state index in [1.54, 1.807) is 4.68 Å². The van der Waals surface area contributed by atoms with Crippen molar-refractivity contribution in [2.24, 2.45) is 0 Å². The Morgan fingerprint density at radius 3 is 2.67 bits per heavy atom. The average molecular weight is 285 g/mol. The van der Waals surface area contributed by atoms with Crippen LogP contribution in [-0.2, 0) is 0 Å². The van der Waals surface area contributed by atoms with Gasteiger partial charge in [0.05, 0.1) is 5.52 Å². The van der Waals surface area contributed by atoms with Gasteiger partial charge >= 0.3 is 0 Å². The van der Waals surface area contributed by atoms with Gasteiger partial charge in [-0.25, -0.2) is 0 Å². The van der Waals surface area contributed by atoms with E-state index in [-0.39, 0.29) is 0 Å². The number of nitrogens with two attached hydrogens (primary N) is 1. The predicted molar refractivity (Wildman–Crippen MR) is 90.0 cm³/mol. The minimum Gasteiger partial charge on any atom is -0.339 e. The fourth-order valence-corrected chi connectivity index (χ4v) is 3.81. The highest BCUT2D eigenvalue weighted by molar-refractivity contribution is 5.84. The van der Waals surface area contributed by atoms with E-state index in [1.165, 1.54) is 49.7 Å². The Labute approximate surface area is 127 Å². The maximum atomic E-state index is 6.11. The van der Waals surface area contributed by atoms with Crippen molar-refractivity contribution in [1.82, 2.24) is 9.58 Å². The van der Waals surface area contributed by atoms with Gasteiger partial charge in [0.2, 0.25) is 0 Å². The number of nitrogens with zero attached hydrogens (tertiary/aromatic N) is 2. The zero-order chi connectivity index (χ0) is 14.8. The quantitative estimate of drug-likeness (QED) is 0.869. The molecule has 1 aliphatic heterocycles. The Bertz CT molecular complexity index is 594. The molecule has 1 aromatic carbocycles. The molecule has 1 fully saturated rings. The number of para-hydroxylation sites is 1. The topological polar surface area (TPSA) is 34.2 Å². The van der Waals surface area contributed by atoms with Crippen LogP contribution in [0.5, 0.6) is 0 Å². The zero-order valence-corrected chi connectivity index (χ0v) is 13.3. The lowest BCUT2D eigenvalue weighted by molar-refractivity contribution is 0.155. The highest BCUT2D eigenvalue weighted by Gasteiger charge is 2.25. The Morgan fingerprint density at radius 2 is 1.95 bits per heavy atom. The van der Waals surface area contributed by atoms with E-state index >= 15 is 0 Å². The van der Waals surface area contributed by atoms with Crippen molar-refractivity contribution in [3.8, 4) is 0 Å². The van der Waals surface area contributed by atoms with Gasteiger partial charge in [-0.05, 0) is 56.8 Å². The number of piperidine rings is 1. The number of nitrogen functional groups attached to an aromatic ring is 1. The summed E-state index contributed by atoms with van der Waals surface area (Å²) in [5, 5.41) is 1.33. The van der Waals surface area contributed by atoms with Crippen molar-refractivity contribution in [2.45, 2.75) is 51.5 Å². The maximum absolute atomic E-state index is 6.11. The third-order valence-electron chi connectivity index (χ3n) is 5.07. The lowest BCUT2D eigenvalue weighted by Gasteiger charge is -2.36. The van der Waals surface area contributed by atoms with Gasteiger partial charge in [-0.3, -0.25) is 4.68 Å². The zero-order valence-electron chi connectivity index (χ0n) is 13.3. The summed E-state index contributed by atoms with van der Waals surface area (Å²) >= 11 is 0. The van der Waals surface area contributed by atoms with E-state index in [4.69, 9.17) is 5.84 Å². The second-order valence-corrected chi connectivity index (χ2v) is 6.46. The molecule has 21 heavy (non-hydrogen) atoms. The van der Waals surface area contributed by atoms with E-state index in [0.29, 0.717) is 5.92 Å². The minimum atomic E-state index is 0.657. The Balaban J connectivity index is 1.74. The van der Waals surface area contributed by atoms with Crippen LogP contribution < -0.4 is 5.84 Å². The van der Waals surface area contributed by atoms with Gasteiger partial charge < -0.3 is 10.7 Å². The summed E-state index contributed by atoms with van der Waals surface area (Å²) in [6, 6.07) is 9.22. The summed E-state index contributed by atoms with van der Waals surface area (Å²) in [6.07, 6.45) is 7.24. The van der Waals surface area contributed by atoms with Gasteiger partial charge in [0.25, 0.3) is 0 Å². The standard InChI is InChI=1S/C18H27N3/c1-3-6-14(2)20-11-9-15(10-12-20)17-13-21(19)18-8-5-4-7-16(17)18/h4-5,7-8,13-15H,3,6,9-12,19H2,1-2H3. The van der Waals surface area contributed by atoms with E-state index in [1.807, 2.05) is 0 Å². The second-order valence-electron chi connectivity index (χ2n) is 6.46. The molecule has 1 aliphatic rings. The van der Waals surface area contributed by atoms with Crippen LogP contribution in [0.3, 0.4) is 0 Å². The van der Waals surface area contributed by atoms with Gasteiger partial charge in [0, 0.05) is 17.6 Å². The first-order valence-electron chi connectivity index (χ1n) is 8.29. The summed E-state index contributed by atoms with van der Waals surface area (Å²) in [5.41, 5.74) is 2.59. The number of rotatable bonds is 4. The molecule has 0 saturated carbocycles. The molecule has 3 nitrogen and oxygen atoms in total. The third kappa shape index (κ3) is 2.80. The van der Waals surface area contributed by atoms with Gasteiger partial charge in [0.1, 0.15) is 0 Å². The van der Waals surface area contributed by atoms with Gasteiger partial charge in [-0.2, -0.15) is 0 Å². The fraction of sp³-hybridized carbons (Fsp3) is 0.556. The summed E-state index contributed by atoms with van der Waals surface area (Å²) in [6.45, 7) is 7.08. The number of hydrogen-bond acceptors (Lipinski definition) is 2. The monoisotopic (exact) mass is 285 g/mol. The van der Waals surface area contributed by atoms with Crippen LogP contribution in [0.1, 0.15) is 51.0 Å². The number of likely N-dealkylation sites (tertiary alicyclic amines) is 1. The van der Waals surface area contributed by atoms with Crippen LogP contribution >= 0.6 is 0 Å². The number of fused-ring (bicyclic) bond motifs is 1. The lowest BCUT2D eigenvalue weighted by Crippen LogP contribution is -2.39. The van der Waals surface area contributed by atoms with Crippen molar-refractivity contribution in [1.29, 1.82) is 0 Å². The average Bonchev–Trinajstić information content (AvgIpc) is 2.85. The summed E-state index contributed by atoms with van der Waals surface area (Å²) in [7, 11) is 0. The van der Waals surface area contributed by atoms with Crippen molar-refractivity contribution in [2.75, 3.05) is 18.9 Å². The van der Waals surface area contributed by atoms with Crippen LogP contribution in [0.15, 0.2) is 30.5 Å². The Morgan fingerprint density at radius 1 is 1.24 bits per heavy atom. The smallest absolute Gasteiger partial charge is 0.0693 e. The van der Waals surface area contributed by atoms with Crippen LogP contribution in [0.25, 0.3) is 10.9 Å². The number of hydrogen-bond donors (Lipinski definition) is 1. The molecular formula is C18H27N3. The highest BCUT2D eigenvalue weighted by atomic mass is 15.3. The first-order chi connectivity index (χ1) is 10.2. The molecule has 0 radical (unpaired) electrons. The van der Waals surface area contributed by atoms with Crippen LogP contribution in [0.2, 0.25) is 0 Å². The third-order valence-corrected chi connectivity index (χ3v) is 5.07. The van der Waals surface area contributed by atoms with Crippen molar-refractivity contribution in [3.05, 3.63) is 36.0 Å². The summed E-state index contributed by atoms with van der Waals surface area (Å²) in [5.74, 6) is 6.76. The van der Waals surface area contributed by atoms with E-state index < -0.39 is 0 Å². The molecule has 3 rings (SSSR count). The Hall–Kier alpha value is -1.48. The molecule has 0 amide bonds. The first-order valence-corrected chi connectivity index (χ1v) is 8.29.